The number of nitrogens with zero attached hydrogens (tertiary/aromatic N) is 1. The first kappa shape index (κ1) is 13.4. The number of hydrogen-bond donors (Lipinski definition) is 1. The van der Waals surface area contributed by atoms with Crippen LogP contribution in [0.2, 0.25) is 0 Å². The lowest BCUT2D eigenvalue weighted by atomic mass is 10.1. The summed E-state index contributed by atoms with van der Waals surface area (Å²) in [7, 11) is 2.84. The van der Waals surface area contributed by atoms with Crippen LogP contribution >= 0.6 is 0 Å². The van der Waals surface area contributed by atoms with Crippen molar-refractivity contribution in [2.24, 2.45) is 0 Å². The lowest BCUT2D eigenvalue weighted by Gasteiger charge is -2.25. The third kappa shape index (κ3) is 2.94. The number of halogens is 1. The second-order valence-corrected chi connectivity index (χ2v) is 4.24. The smallest absolute Gasteiger partial charge is 0.258 e. The molecule has 1 rings (SSSR count). The molecule has 94 valence electrons. The van der Waals surface area contributed by atoms with Crippen molar-refractivity contribution in [3.05, 3.63) is 24.0 Å². The maximum atomic E-state index is 13.4. The predicted octanol–water partition coefficient (Wildman–Crippen LogP) is 1.57. The highest BCUT2D eigenvalue weighted by Crippen LogP contribution is 2.24. The highest BCUT2D eigenvalue weighted by atomic mass is 19.1. The third-order valence-corrected chi connectivity index (χ3v) is 2.35. The number of rotatable bonds is 3. The van der Waals surface area contributed by atoms with Gasteiger partial charge in [-0.1, -0.05) is 0 Å². The molecule has 0 atom stereocenters. The zero-order valence-electron chi connectivity index (χ0n) is 10.3. The highest BCUT2D eigenvalue weighted by molar-refractivity contribution is 5.98. The van der Waals surface area contributed by atoms with E-state index in [1.807, 2.05) is 0 Å². The molecule has 0 aromatic heterocycles. The Morgan fingerprint density at radius 3 is 2.47 bits per heavy atom. The SMILES string of the molecule is COc1ccc(N(C)C(=O)C(C)(C)O)cc1F. The Morgan fingerprint density at radius 1 is 1.47 bits per heavy atom. The minimum Gasteiger partial charge on any atom is -0.494 e. The van der Waals surface area contributed by atoms with Crippen molar-refractivity contribution < 1.29 is 19.0 Å². The first-order valence-electron chi connectivity index (χ1n) is 5.11. The number of ether oxygens (including phenoxy) is 1. The molecule has 0 aliphatic carbocycles. The second kappa shape index (κ2) is 4.71. The topological polar surface area (TPSA) is 49.8 Å². The Kier molecular flexibility index (Phi) is 3.72. The van der Waals surface area contributed by atoms with Gasteiger partial charge in [-0.3, -0.25) is 4.79 Å². The average Bonchev–Trinajstić information content (AvgIpc) is 2.25. The van der Waals surface area contributed by atoms with Crippen molar-refractivity contribution in [3.8, 4) is 5.75 Å². The molecule has 0 fully saturated rings. The number of carbonyl (C=O) groups excluding carboxylic acids is 1. The number of hydrogen-bond acceptors (Lipinski definition) is 3. The van der Waals surface area contributed by atoms with Crippen LogP contribution in [0.1, 0.15) is 13.8 Å². The van der Waals surface area contributed by atoms with Crippen LogP contribution in [0.4, 0.5) is 10.1 Å². The van der Waals surface area contributed by atoms with Crippen molar-refractivity contribution in [2.45, 2.75) is 19.4 Å². The maximum absolute atomic E-state index is 13.4. The number of carbonyl (C=O) groups is 1. The number of methoxy groups -OCH3 is 1. The first-order chi connectivity index (χ1) is 7.77. The summed E-state index contributed by atoms with van der Waals surface area (Å²) >= 11 is 0. The van der Waals surface area contributed by atoms with Crippen molar-refractivity contribution in [1.29, 1.82) is 0 Å². The number of likely N-dealkylation sites (N-methyl/N-ethyl adjacent to an activating group) is 1. The van der Waals surface area contributed by atoms with Gasteiger partial charge in [0.2, 0.25) is 0 Å². The van der Waals surface area contributed by atoms with Gasteiger partial charge in [0.1, 0.15) is 5.60 Å². The standard InChI is InChI=1S/C12H16FNO3/c1-12(2,16)11(15)14(3)8-5-6-10(17-4)9(13)7-8/h5-7,16H,1-4H3. The third-order valence-electron chi connectivity index (χ3n) is 2.35. The van der Waals surface area contributed by atoms with Gasteiger partial charge in [0.25, 0.3) is 5.91 Å². The Morgan fingerprint density at radius 2 is 2.06 bits per heavy atom. The Bertz CT molecular complexity index is 426. The lowest BCUT2D eigenvalue weighted by Crippen LogP contribution is -2.43. The van der Waals surface area contributed by atoms with Crippen molar-refractivity contribution in [2.75, 3.05) is 19.1 Å². The van der Waals surface area contributed by atoms with Crippen LogP contribution in [0, 0.1) is 5.82 Å². The molecule has 0 unspecified atom stereocenters. The number of benzene rings is 1. The number of amides is 1. The summed E-state index contributed by atoms with van der Waals surface area (Å²) in [6.45, 7) is 2.76. The van der Waals surface area contributed by atoms with E-state index in [1.54, 1.807) is 6.07 Å². The molecule has 1 N–H and O–H groups in total. The summed E-state index contributed by atoms with van der Waals surface area (Å²) in [5.74, 6) is -0.958. The summed E-state index contributed by atoms with van der Waals surface area (Å²) in [6.07, 6.45) is 0. The molecule has 0 bridgehead atoms. The molecule has 1 aromatic carbocycles. The molecule has 5 heteroatoms. The fraction of sp³-hybridized carbons (Fsp3) is 0.417. The van der Waals surface area contributed by atoms with Gasteiger partial charge >= 0.3 is 0 Å². The fourth-order valence-electron chi connectivity index (χ4n) is 1.39. The van der Waals surface area contributed by atoms with Crippen LogP contribution in [-0.4, -0.2) is 30.8 Å². The zero-order chi connectivity index (χ0) is 13.2. The molecule has 0 radical (unpaired) electrons. The highest BCUT2D eigenvalue weighted by Gasteiger charge is 2.28. The molecule has 0 aliphatic rings. The largest absolute Gasteiger partial charge is 0.494 e. The van der Waals surface area contributed by atoms with Crippen LogP contribution in [-0.2, 0) is 4.79 Å². The summed E-state index contributed by atoms with van der Waals surface area (Å²) in [4.78, 5) is 12.9. The molecule has 4 nitrogen and oxygen atoms in total. The van der Waals surface area contributed by atoms with Gasteiger partial charge in [-0.2, -0.15) is 0 Å². The summed E-state index contributed by atoms with van der Waals surface area (Å²) in [5.41, 5.74) is -1.14. The van der Waals surface area contributed by atoms with Crippen LogP contribution < -0.4 is 9.64 Å². The van der Waals surface area contributed by atoms with E-state index in [-0.39, 0.29) is 5.75 Å². The monoisotopic (exact) mass is 241 g/mol. The fourth-order valence-corrected chi connectivity index (χ4v) is 1.39. The van der Waals surface area contributed by atoms with E-state index in [2.05, 4.69) is 0 Å². The van der Waals surface area contributed by atoms with E-state index >= 15 is 0 Å². The molecular weight excluding hydrogens is 225 g/mol. The Hall–Kier alpha value is -1.62. The van der Waals surface area contributed by atoms with Crippen LogP contribution in [0.5, 0.6) is 5.75 Å². The minimum atomic E-state index is -1.49. The molecular formula is C12H16FNO3. The van der Waals surface area contributed by atoms with Gasteiger partial charge in [-0.05, 0) is 26.0 Å². The number of anilines is 1. The quantitative estimate of drug-likeness (QED) is 0.873. The van der Waals surface area contributed by atoms with Gasteiger partial charge < -0.3 is 14.7 Å². The first-order valence-corrected chi connectivity index (χ1v) is 5.11. The molecule has 1 amide bonds. The van der Waals surface area contributed by atoms with E-state index in [1.165, 1.54) is 45.0 Å². The van der Waals surface area contributed by atoms with Gasteiger partial charge in [0, 0.05) is 18.8 Å². The predicted molar refractivity (Wildman–Crippen MR) is 62.7 cm³/mol. The van der Waals surface area contributed by atoms with Gasteiger partial charge in [-0.15, -0.1) is 0 Å². The van der Waals surface area contributed by atoms with Gasteiger partial charge in [-0.25, -0.2) is 4.39 Å². The second-order valence-electron chi connectivity index (χ2n) is 4.24. The number of aliphatic hydroxyl groups is 1. The van der Waals surface area contributed by atoms with E-state index in [0.717, 1.165) is 0 Å². The normalized spacial score (nSPS) is 11.2. The summed E-state index contributed by atoms with van der Waals surface area (Å²) in [5, 5.41) is 9.58. The Balaban J connectivity index is 3.02. The molecule has 0 saturated heterocycles. The van der Waals surface area contributed by atoms with E-state index in [4.69, 9.17) is 4.74 Å². The van der Waals surface area contributed by atoms with E-state index in [9.17, 15) is 14.3 Å². The molecule has 1 aromatic rings. The van der Waals surface area contributed by atoms with Gasteiger partial charge in [0.15, 0.2) is 11.6 Å². The van der Waals surface area contributed by atoms with Crippen LogP contribution in [0.25, 0.3) is 0 Å². The summed E-state index contributed by atoms with van der Waals surface area (Å²) in [6, 6.07) is 4.16. The van der Waals surface area contributed by atoms with Crippen molar-refractivity contribution >= 4 is 11.6 Å². The van der Waals surface area contributed by atoms with Crippen molar-refractivity contribution in [1.82, 2.24) is 0 Å². The summed E-state index contributed by atoms with van der Waals surface area (Å²) < 4.78 is 18.2. The molecule has 0 spiro atoms. The lowest BCUT2D eigenvalue weighted by molar-refractivity contribution is -0.133. The molecule has 0 saturated carbocycles. The average molecular weight is 241 g/mol. The van der Waals surface area contributed by atoms with Crippen molar-refractivity contribution in [3.63, 3.8) is 0 Å². The van der Waals surface area contributed by atoms with Crippen LogP contribution in [0.15, 0.2) is 18.2 Å². The maximum Gasteiger partial charge on any atom is 0.258 e. The Labute approximate surface area is 99.6 Å². The van der Waals surface area contributed by atoms with E-state index in [0.29, 0.717) is 5.69 Å². The molecule has 0 heterocycles. The van der Waals surface area contributed by atoms with Gasteiger partial charge in [0.05, 0.1) is 7.11 Å². The minimum absolute atomic E-state index is 0.109. The zero-order valence-corrected chi connectivity index (χ0v) is 10.3. The molecule has 17 heavy (non-hydrogen) atoms. The van der Waals surface area contributed by atoms with Crippen LogP contribution in [0.3, 0.4) is 0 Å². The van der Waals surface area contributed by atoms with E-state index < -0.39 is 17.3 Å². The molecule has 0 aliphatic heterocycles.